The molecule has 2 N–H and O–H groups in total. The van der Waals surface area contributed by atoms with Crippen LogP contribution in [0.5, 0.6) is 0 Å². The van der Waals surface area contributed by atoms with Crippen molar-refractivity contribution in [2.75, 3.05) is 14.2 Å². The molecule has 0 spiro atoms. The lowest BCUT2D eigenvalue weighted by Crippen LogP contribution is -2.32. The normalized spacial score (nSPS) is 16.3. The molecule has 0 radical (unpaired) electrons. The van der Waals surface area contributed by atoms with E-state index in [2.05, 4.69) is 58.3 Å². The summed E-state index contributed by atoms with van der Waals surface area (Å²) in [4.78, 5) is 21.6. The summed E-state index contributed by atoms with van der Waals surface area (Å²) in [6, 6.07) is 16.8. The third-order valence-corrected chi connectivity index (χ3v) is 7.92. The summed E-state index contributed by atoms with van der Waals surface area (Å²) in [5.41, 5.74) is 9.80. The van der Waals surface area contributed by atoms with Gasteiger partial charge in [-0.1, -0.05) is 87.9 Å². The maximum atomic E-state index is 12.4. The fraction of sp³-hybridized carbons (Fsp3) is 0.528. The lowest BCUT2D eigenvalue weighted by Gasteiger charge is -2.32. The minimum absolute atomic E-state index is 0.279. The predicted octanol–water partition coefficient (Wildman–Crippen LogP) is 7.45. The Labute approximate surface area is 258 Å². The zero-order valence-corrected chi connectivity index (χ0v) is 26.4. The first-order chi connectivity index (χ1) is 20.9. The van der Waals surface area contributed by atoms with Gasteiger partial charge in [0.05, 0.1) is 12.1 Å². The number of halogens is 1. The van der Waals surface area contributed by atoms with E-state index < -0.39 is 6.04 Å². The van der Waals surface area contributed by atoms with Gasteiger partial charge in [-0.25, -0.2) is 4.39 Å². The van der Waals surface area contributed by atoms with Crippen molar-refractivity contribution in [2.45, 2.75) is 102 Å². The lowest BCUT2D eigenvalue weighted by molar-refractivity contribution is -0.108. The van der Waals surface area contributed by atoms with Crippen LogP contribution in [0.1, 0.15) is 88.7 Å². The number of hydrazone groups is 1. The van der Waals surface area contributed by atoms with E-state index in [1.54, 1.807) is 26.4 Å². The fourth-order valence-electron chi connectivity index (χ4n) is 5.55. The molecule has 236 valence electrons. The number of nitrogens with two attached hydrogens (primary N) is 1. The van der Waals surface area contributed by atoms with Crippen molar-refractivity contribution in [1.29, 1.82) is 0 Å². The standard InChI is InChI=1S/C25H36N2O.C9H10FNO.C2H6O/c1-2-21(17-22-12-5-3-6-13-22)11-9-10-14-23-18-24(20-28)26-27(19-23)25-15-7-4-8-16-25;10-8-3-1-7(2-4-8)5-9(11)6-12;1-3-2/h3,5-6,12-13,19-21,25H,2,4,7-11,14-18H2,1H3;1-4,6,9H,5,11H2;1-2H3/t;9-;/m.0./s1. The minimum Gasteiger partial charge on any atom is -0.388 e. The molecule has 2 atom stereocenters. The number of carbonyl (C=O) groups excluding carboxylic acids is 2. The minimum atomic E-state index is -0.490. The van der Waals surface area contributed by atoms with Crippen molar-refractivity contribution in [1.82, 2.24) is 5.01 Å². The molecular weight excluding hydrogens is 541 g/mol. The second-order valence-electron chi connectivity index (χ2n) is 11.6. The number of hydrogen-bond donors (Lipinski definition) is 1. The van der Waals surface area contributed by atoms with Crippen LogP contribution >= 0.6 is 0 Å². The molecule has 2 aliphatic rings. The van der Waals surface area contributed by atoms with Crippen LogP contribution in [-0.4, -0.2) is 49.6 Å². The van der Waals surface area contributed by atoms with Gasteiger partial charge in [-0.3, -0.25) is 9.80 Å². The van der Waals surface area contributed by atoms with Crippen LogP contribution in [0.25, 0.3) is 0 Å². The molecule has 7 heteroatoms. The molecular formula is C36H52FN3O3. The first kappa shape index (κ1) is 36.0. The van der Waals surface area contributed by atoms with Gasteiger partial charge in [-0.15, -0.1) is 0 Å². The monoisotopic (exact) mass is 593 g/mol. The zero-order chi connectivity index (χ0) is 31.3. The summed E-state index contributed by atoms with van der Waals surface area (Å²) >= 11 is 0. The number of allylic oxidation sites excluding steroid dienone is 1. The molecule has 4 rings (SSSR count). The number of hydrogen-bond acceptors (Lipinski definition) is 6. The Kier molecular flexibility index (Phi) is 18.0. The van der Waals surface area contributed by atoms with Gasteiger partial charge in [0.1, 0.15) is 17.8 Å². The van der Waals surface area contributed by atoms with E-state index in [9.17, 15) is 14.0 Å². The molecule has 2 aromatic carbocycles. The fourth-order valence-corrected chi connectivity index (χ4v) is 5.55. The quantitative estimate of drug-likeness (QED) is 0.193. The molecule has 0 saturated heterocycles. The maximum absolute atomic E-state index is 12.4. The van der Waals surface area contributed by atoms with E-state index in [1.165, 1.54) is 87.5 Å². The summed E-state index contributed by atoms with van der Waals surface area (Å²) in [5.74, 6) is 0.493. The number of nitrogens with zero attached hydrogens (tertiary/aromatic N) is 2. The van der Waals surface area contributed by atoms with E-state index in [4.69, 9.17) is 5.73 Å². The number of aldehydes is 2. The molecule has 6 nitrogen and oxygen atoms in total. The smallest absolute Gasteiger partial charge is 0.166 e. The van der Waals surface area contributed by atoms with Crippen LogP contribution in [0.4, 0.5) is 4.39 Å². The second-order valence-corrected chi connectivity index (χ2v) is 11.6. The van der Waals surface area contributed by atoms with E-state index >= 15 is 0 Å². The molecule has 1 aliphatic carbocycles. The molecule has 43 heavy (non-hydrogen) atoms. The zero-order valence-electron chi connectivity index (χ0n) is 26.4. The number of rotatable bonds is 13. The van der Waals surface area contributed by atoms with E-state index in [0.29, 0.717) is 24.5 Å². The van der Waals surface area contributed by atoms with Crippen molar-refractivity contribution in [3.63, 3.8) is 0 Å². The number of ether oxygens (including phenoxy) is 1. The van der Waals surface area contributed by atoms with Crippen LogP contribution < -0.4 is 5.73 Å². The molecule has 0 aromatic heterocycles. The Balaban J connectivity index is 0.000000357. The van der Waals surface area contributed by atoms with Crippen molar-refractivity contribution >= 4 is 18.3 Å². The van der Waals surface area contributed by atoms with Crippen LogP contribution in [0, 0.1) is 11.7 Å². The first-order valence-electron chi connectivity index (χ1n) is 15.8. The molecule has 1 unspecified atom stereocenters. The third-order valence-electron chi connectivity index (χ3n) is 7.92. The number of methoxy groups -OCH3 is 1. The van der Waals surface area contributed by atoms with E-state index in [1.807, 2.05) is 0 Å². The maximum Gasteiger partial charge on any atom is 0.166 e. The molecule has 1 heterocycles. The van der Waals surface area contributed by atoms with E-state index in [-0.39, 0.29) is 5.82 Å². The van der Waals surface area contributed by atoms with Gasteiger partial charge in [-0.2, -0.15) is 5.10 Å². The molecule has 0 amide bonds. The highest BCUT2D eigenvalue weighted by atomic mass is 19.1. The topological polar surface area (TPSA) is 85.0 Å². The van der Waals surface area contributed by atoms with Gasteiger partial charge in [-0.05, 0) is 73.3 Å². The number of unbranched alkanes of at least 4 members (excludes halogenated alkanes) is 1. The summed E-state index contributed by atoms with van der Waals surface area (Å²) in [7, 11) is 3.25. The van der Waals surface area contributed by atoms with Gasteiger partial charge in [0.25, 0.3) is 0 Å². The molecule has 1 fully saturated rings. The van der Waals surface area contributed by atoms with Crippen molar-refractivity contribution in [3.05, 3.63) is 83.3 Å². The van der Waals surface area contributed by atoms with Crippen LogP contribution in [0.15, 0.2) is 71.5 Å². The summed E-state index contributed by atoms with van der Waals surface area (Å²) in [6.07, 6.45) is 18.7. The van der Waals surface area contributed by atoms with Crippen molar-refractivity contribution in [3.8, 4) is 0 Å². The van der Waals surface area contributed by atoms with Gasteiger partial charge < -0.3 is 15.3 Å². The Bertz CT molecular complexity index is 1100. The van der Waals surface area contributed by atoms with Crippen molar-refractivity contribution < 1.29 is 18.7 Å². The molecule has 0 bridgehead atoms. The Hall–Kier alpha value is -3.16. The highest BCUT2D eigenvalue weighted by Gasteiger charge is 2.22. The van der Waals surface area contributed by atoms with Gasteiger partial charge in [0.15, 0.2) is 6.29 Å². The second kappa shape index (κ2) is 21.5. The average molecular weight is 594 g/mol. The SMILES string of the molecule is CCC(CCCCC1=CN(C2CCCCC2)N=C(C=O)C1)Cc1ccccc1.COC.N[C@H](C=O)Cc1ccc(F)cc1. The average Bonchev–Trinajstić information content (AvgIpc) is 3.05. The Morgan fingerprint density at radius 3 is 2.23 bits per heavy atom. The molecule has 1 aliphatic heterocycles. The van der Waals surface area contributed by atoms with Crippen LogP contribution in [0.2, 0.25) is 0 Å². The summed E-state index contributed by atoms with van der Waals surface area (Å²) in [5, 5.41) is 6.71. The first-order valence-corrected chi connectivity index (χ1v) is 15.8. The number of benzene rings is 2. The van der Waals surface area contributed by atoms with Gasteiger partial charge in [0, 0.05) is 26.8 Å². The van der Waals surface area contributed by atoms with Crippen LogP contribution in [0.3, 0.4) is 0 Å². The Morgan fingerprint density at radius 2 is 1.63 bits per heavy atom. The highest BCUT2D eigenvalue weighted by Crippen LogP contribution is 2.28. The predicted molar refractivity (Wildman–Crippen MR) is 174 cm³/mol. The van der Waals surface area contributed by atoms with Crippen LogP contribution in [-0.2, 0) is 27.2 Å². The number of carbonyl (C=O) groups is 2. The lowest BCUT2D eigenvalue weighted by atomic mass is 9.91. The molecule has 1 saturated carbocycles. The van der Waals surface area contributed by atoms with Gasteiger partial charge in [0.2, 0.25) is 0 Å². The highest BCUT2D eigenvalue weighted by molar-refractivity contribution is 6.29. The van der Waals surface area contributed by atoms with Crippen molar-refractivity contribution in [2.24, 2.45) is 16.8 Å². The van der Waals surface area contributed by atoms with Gasteiger partial charge >= 0.3 is 0 Å². The third kappa shape index (κ3) is 14.7. The summed E-state index contributed by atoms with van der Waals surface area (Å²) < 4.78 is 16.7. The largest absolute Gasteiger partial charge is 0.388 e. The van der Waals surface area contributed by atoms with E-state index in [0.717, 1.165) is 30.6 Å². The summed E-state index contributed by atoms with van der Waals surface area (Å²) in [6.45, 7) is 2.31. The Morgan fingerprint density at radius 1 is 0.977 bits per heavy atom. The molecule has 2 aromatic rings.